The normalized spacial score (nSPS) is 15.1. The Morgan fingerprint density at radius 2 is 1.82 bits per heavy atom. The number of aromatic nitrogens is 8. The van der Waals surface area contributed by atoms with E-state index < -0.39 is 0 Å². The molecule has 0 saturated heterocycles. The number of anilines is 1. The Morgan fingerprint density at radius 1 is 1.00 bits per heavy atom. The Kier molecular flexibility index (Phi) is 5.01. The molecule has 1 aliphatic carbocycles. The summed E-state index contributed by atoms with van der Waals surface area (Å²) >= 11 is 0. The Hall–Kier alpha value is -4.14. The van der Waals surface area contributed by atoms with Crippen LogP contribution in [0.1, 0.15) is 29.6 Å². The van der Waals surface area contributed by atoms with E-state index in [1.807, 2.05) is 31.6 Å². The number of rotatable bonds is 6. The second-order valence-electron chi connectivity index (χ2n) is 8.60. The van der Waals surface area contributed by atoms with Gasteiger partial charge in [-0.1, -0.05) is 30.3 Å². The van der Waals surface area contributed by atoms with Crippen LogP contribution in [-0.2, 0) is 25.9 Å². The lowest BCUT2D eigenvalue weighted by Gasteiger charge is -2.14. The molecule has 4 aromatic heterocycles. The molecule has 1 aromatic carbocycles. The van der Waals surface area contributed by atoms with Crippen LogP contribution in [0.15, 0.2) is 55.2 Å². The van der Waals surface area contributed by atoms with Gasteiger partial charge >= 0.3 is 0 Å². The SMILES string of the molecule is CCn1c(-c2cnc(C)nc2)nc2c(N[C@@H]3Cc4cnn(Cc5ccccc5)c4C3)ncnc21. The summed E-state index contributed by atoms with van der Waals surface area (Å²) in [6.45, 7) is 5.48. The van der Waals surface area contributed by atoms with E-state index in [1.54, 1.807) is 6.33 Å². The lowest BCUT2D eigenvalue weighted by atomic mass is 10.2. The number of fused-ring (bicyclic) bond motifs is 2. The Morgan fingerprint density at radius 3 is 2.62 bits per heavy atom. The van der Waals surface area contributed by atoms with E-state index in [4.69, 9.17) is 4.98 Å². The molecule has 34 heavy (non-hydrogen) atoms. The second-order valence-corrected chi connectivity index (χ2v) is 8.60. The third-order valence-electron chi connectivity index (χ3n) is 6.34. The highest BCUT2D eigenvalue weighted by atomic mass is 15.3. The van der Waals surface area contributed by atoms with E-state index in [-0.39, 0.29) is 6.04 Å². The molecule has 1 N–H and O–H groups in total. The summed E-state index contributed by atoms with van der Waals surface area (Å²) in [6.07, 6.45) is 9.01. The second kappa shape index (κ2) is 8.33. The Labute approximate surface area is 197 Å². The van der Waals surface area contributed by atoms with E-state index in [0.29, 0.717) is 0 Å². The van der Waals surface area contributed by atoms with Gasteiger partial charge < -0.3 is 9.88 Å². The van der Waals surface area contributed by atoms with Crippen molar-refractivity contribution in [3.63, 3.8) is 0 Å². The predicted octanol–water partition coefficient (Wildman–Crippen LogP) is 3.44. The first-order valence-electron chi connectivity index (χ1n) is 11.5. The van der Waals surface area contributed by atoms with Crippen molar-refractivity contribution in [2.24, 2.45) is 0 Å². The van der Waals surface area contributed by atoms with Crippen LogP contribution in [-0.4, -0.2) is 45.3 Å². The van der Waals surface area contributed by atoms with Gasteiger partial charge in [0, 0.05) is 37.1 Å². The van der Waals surface area contributed by atoms with Crippen molar-refractivity contribution in [3.05, 3.63) is 77.9 Å². The topological polar surface area (TPSA) is 99.2 Å². The molecule has 0 spiro atoms. The van der Waals surface area contributed by atoms with Crippen LogP contribution in [0.5, 0.6) is 0 Å². The van der Waals surface area contributed by atoms with E-state index in [0.717, 1.165) is 60.1 Å². The molecule has 0 fully saturated rings. The third-order valence-corrected chi connectivity index (χ3v) is 6.34. The monoisotopic (exact) mass is 451 g/mol. The summed E-state index contributed by atoms with van der Waals surface area (Å²) in [5, 5.41) is 8.26. The van der Waals surface area contributed by atoms with Crippen molar-refractivity contribution in [1.29, 1.82) is 0 Å². The minimum absolute atomic E-state index is 0.228. The first kappa shape index (κ1) is 20.5. The molecule has 0 saturated carbocycles. The zero-order valence-electron chi connectivity index (χ0n) is 19.2. The third kappa shape index (κ3) is 3.59. The molecule has 0 bridgehead atoms. The maximum absolute atomic E-state index is 4.91. The number of hydrogen-bond donors (Lipinski definition) is 1. The van der Waals surface area contributed by atoms with Gasteiger partial charge in [-0.05, 0) is 31.4 Å². The van der Waals surface area contributed by atoms with E-state index in [1.165, 1.54) is 16.8 Å². The van der Waals surface area contributed by atoms with Crippen molar-refractivity contribution >= 4 is 17.0 Å². The Balaban J connectivity index is 1.28. The maximum Gasteiger partial charge on any atom is 0.165 e. The first-order valence-corrected chi connectivity index (χ1v) is 11.5. The van der Waals surface area contributed by atoms with Crippen LogP contribution >= 0.6 is 0 Å². The molecule has 1 aliphatic rings. The molecule has 9 nitrogen and oxygen atoms in total. The van der Waals surface area contributed by atoms with Gasteiger partial charge in [-0.2, -0.15) is 5.10 Å². The molecule has 0 amide bonds. The fourth-order valence-corrected chi connectivity index (χ4v) is 4.69. The van der Waals surface area contributed by atoms with Crippen LogP contribution in [0.2, 0.25) is 0 Å². The van der Waals surface area contributed by atoms with Gasteiger partial charge in [0.2, 0.25) is 0 Å². The number of nitrogens with one attached hydrogen (secondary N) is 1. The fourth-order valence-electron chi connectivity index (χ4n) is 4.69. The van der Waals surface area contributed by atoms with Crippen LogP contribution in [0.3, 0.4) is 0 Å². The summed E-state index contributed by atoms with van der Waals surface area (Å²) in [4.78, 5) is 22.7. The van der Waals surface area contributed by atoms with Gasteiger partial charge in [0.15, 0.2) is 17.0 Å². The molecule has 6 rings (SSSR count). The van der Waals surface area contributed by atoms with Crippen LogP contribution in [0.4, 0.5) is 5.82 Å². The zero-order chi connectivity index (χ0) is 23.1. The average molecular weight is 452 g/mol. The van der Waals surface area contributed by atoms with Gasteiger partial charge in [-0.25, -0.2) is 24.9 Å². The van der Waals surface area contributed by atoms with Crippen molar-refractivity contribution in [2.75, 3.05) is 5.32 Å². The minimum atomic E-state index is 0.228. The first-order chi connectivity index (χ1) is 16.7. The molecular formula is C25H25N9. The van der Waals surface area contributed by atoms with E-state index in [2.05, 4.69) is 70.8 Å². The molecule has 5 aromatic rings. The van der Waals surface area contributed by atoms with Crippen LogP contribution in [0.25, 0.3) is 22.6 Å². The largest absolute Gasteiger partial charge is 0.365 e. The molecule has 1 atom stereocenters. The molecule has 9 heteroatoms. The van der Waals surface area contributed by atoms with Crippen molar-refractivity contribution in [1.82, 2.24) is 39.3 Å². The summed E-state index contributed by atoms with van der Waals surface area (Å²) < 4.78 is 4.20. The predicted molar refractivity (Wildman–Crippen MR) is 129 cm³/mol. The number of imidazole rings is 1. The molecule has 0 radical (unpaired) electrons. The molecule has 4 heterocycles. The standard InChI is InChI=1S/C25H25N9/c1-3-33-24(19-11-26-16(2)27-12-19)32-22-23(28-15-29-25(22)33)31-20-9-18-13-30-34(21(18)10-20)14-17-7-5-4-6-8-17/h4-8,11-13,15,20H,3,9-10,14H2,1-2H3,(H,28,29,31)/t20-/m1/s1. The number of nitrogens with zero attached hydrogens (tertiary/aromatic N) is 8. The maximum atomic E-state index is 4.91. The lowest BCUT2D eigenvalue weighted by molar-refractivity contribution is 0.630. The minimum Gasteiger partial charge on any atom is -0.365 e. The molecular weight excluding hydrogens is 426 g/mol. The van der Waals surface area contributed by atoms with Gasteiger partial charge in [0.05, 0.1) is 18.3 Å². The summed E-state index contributed by atoms with van der Waals surface area (Å²) in [5.41, 5.74) is 6.26. The van der Waals surface area contributed by atoms with E-state index in [9.17, 15) is 0 Å². The summed E-state index contributed by atoms with van der Waals surface area (Å²) in [7, 11) is 0. The van der Waals surface area contributed by atoms with Gasteiger partial charge in [0.25, 0.3) is 0 Å². The zero-order valence-corrected chi connectivity index (χ0v) is 19.2. The summed E-state index contributed by atoms with van der Waals surface area (Å²) in [5.74, 6) is 2.29. The summed E-state index contributed by atoms with van der Waals surface area (Å²) in [6, 6.07) is 10.7. The van der Waals surface area contributed by atoms with Gasteiger partial charge in [0.1, 0.15) is 18.0 Å². The quantitative estimate of drug-likeness (QED) is 0.422. The average Bonchev–Trinajstić information content (AvgIpc) is 3.54. The number of benzene rings is 1. The van der Waals surface area contributed by atoms with Crippen molar-refractivity contribution in [2.45, 2.75) is 45.8 Å². The van der Waals surface area contributed by atoms with Gasteiger partial charge in [-0.15, -0.1) is 0 Å². The highest BCUT2D eigenvalue weighted by Gasteiger charge is 2.27. The molecule has 170 valence electrons. The Bertz CT molecular complexity index is 1450. The highest BCUT2D eigenvalue weighted by molar-refractivity contribution is 5.86. The molecule has 0 unspecified atom stereocenters. The lowest BCUT2D eigenvalue weighted by Crippen LogP contribution is -2.22. The van der Waals surface area contributed by atoms with Crippen molar-refractivity contribution < 1.29 is 0 Å². The van der Waals surface area contributed by atoms with Crippen LogP contribution < -0.4 is 5.32 Å². The highest BCUT2D eigenvalue weighted by Crippen LogP contribution is 2.29. The number of aryl methyl sites for hydroxylation is 2. The fraction of sp³-hybridized carbons (Fsp3) is 0.280. The smallest absolute Gasteiger partial charge is 0.165 e. The van der Waals surface area contributed by atoms with E-state index >= 15 is 0 Å². The van der Waals surface area contributed by atoms with Gasteiger partial charge in [-0.3, -0.25) is 4.68 Å². The van der Waals surface area contributed by atoms with Crippen molar-refractivity contribution in [3.8, 4) is 11.4 Å². The molecule has 0 aliphatic heterocycles. The van der Waals surface area contributed by atoms with Crippen LogP contribution in [0, 0.1) is 6.92 Å². The number of hydrogen-bond acceptors (Lipinski definition) is 7.